The van der Waals surface area contributed by atoms with Gasteiger partial charge in [-0.05, 0) is 18.6 Å². The Labute approximate surface area is 94.7 Å². The molecule has 1 N–H and O–H groups in total. The lowest BCUT2D eigenvalue weighted by Crippen LogP contribution is -2.35. The lowest BCUT2D eigenvalue weighted by Gasteiger charge is -2.13. The Morgan fingerprint density at radius 1 is 1.60 bits per heavy atom. The lowest BCUT2D eigenvalue weighted by molar-refractivity contribution is 0.557. The van der Waals surface area contributed by atoms with Crippen LogP contribution >= 0.6 is 11.6 Å². The standard InChI is InChI=1S/C9H13ClN2O2S/c1-2-8(6-10)12-15(13,14)9-4-3-5-11-7-9/h3-5,7-8,12H,2,6H2,1H3. The molecule has 1 rings (SSSR count). The Hall–Kier alpha value is -0.650. The average molecular weight is 249 g/mol. The molecule has 0 bridgehead atoms. The molecule has 0 aliphatic heterocycles. The van der Waals surface area contributed by atoms with E-state index in [0.29, 0.717) is 6.42 Å². The summed E-state index contributed by atoms with van der Waals surface area (Å²) < 4.78 is 26.0. The van der Waals surface area contributed by atoms with Gasteiger partial charge in [0.2, 0.25) is 10.0 Å². The third kappa shape index (κ3) is 3.44. The molecule has 0 fully saturated rings. The van der Waals surface area contributed by atoms with Gasteiger partial charge in [0.1, 0.15) is 4.90 Å². The number of halogens is 1. The van der Waals surface area contributed by atoms with E-state index in [0.717, 1.165) is 0 Å². The van der Waals surface area contributed by atoms with Gasteiger partial charge in [-0.2, -0.15) is 0 Å². The van der Waals surface area contributed by atoms with Crippen molar-refractivity contribution >= 4 is 21.6 Å². The van der Waals surface area contributed by atoms with Crippen LogP contribution in [0.2, 0.25) is 0 Å². The maximum Gasteiger partial charge on any atom is 0.242 e. The van der Waals surface area contributed by atoms with Gasteiger partial charge in [0.25, 0.3) is 0 Å². The summed E-state index contributed by atoms with van der Waals surface area (Å²) in [5.74, 6) is 0.260. The fourth-order valence-electron chi connectivity index (χ4n) is 1.02. The van der Waals surface area contributed by atoms with Crippen molar-refractivity contribution in [3.63, 3.8) is 0 Å². The summed E-state index contributed by atoms with van der Waals surface area (Å²) in [6.45, 7) is 1.87. The van der Waals surface area contributed by atoms with Crippen molar-refractivity contribution in [1.29, 1.82) is 0 Å². The van der Waals surface area contributed by atoms with E-state index in [4.69, 9.17) is 11.6 Å². The second kappa shape index (κ2) is 5.44. The number of hydrogen-bond donors (Lipinski definition) is 1. The molecule has 0 aliphatic carbocycles. The van der Waals surface area contributed by atoms with E-state index in [2.05, 4.69) is 9.71 Å². The molecule has 1 aromatic heterocycles. The number of alkyl halides is 1. The first kappa shape index (κ1) is 12.4. The Morgan fingerprint density at radius 2 is 2.33 bits per heavy atom. The van der Waals surface area contributed by atoms with Gasteiger partial charge in [-0.3, -0.25) is 4.98 Å². The van der Waals surface area contributed by atoms with E-state index < -0.39 is 10.0 Å². The van der Waals surface area contributed by atoms with Crippen molar-refractivity contribution in [3.8, 4) is 0 Å². The fourth-order valence-corrected chi connectivity index (χ4v) is 2.69. The summed E-state index contributed by atoms with van der Waals surface area (Å²) in [6.07, 6.45) is 3.49. The molecule has 1 heterocycles. The summed E-state index contributed by atoms with van der Waals surface area (Å²) in [6, 6.07) is 2.84. The normalized spacial score (nSPS) is 13.7. The first-order valence-corrected chi connectivity index (χ1v) is 6.60. The molecule has 84 valence electrons. The molecular formula is C9H13ClN2O2S. The molecule has 6 heteroatoms. The zero-order chi connectivity index (χ0) is 11.3. The summed E-state index contributed by atoms with van der Waals surface area (Å²) in [5, 5.41) is 0. The first-order chi connectivity index (χ1) is 7.10. The molecule has 0 aromatic carbocycles. The SMILES string of the molecule is CCC(CCl)NS(=O)(=O)c1cccnc1. The minimum absolute atomic E-state index is 0.161. The maximum absolute atomic E-state index is 11.8. The summed E-state index contributed by atoms with van der Waals surface area (Å²) in [4.78, 5) is 3.92. The first-order valence-electron chi connectivity index (χ1n) is 4.58. The topological polar surface area (TPSA) is 59.1 Å². The van der Waals surface area contributed by atoms with Crippen LogP contribution in [0.25, 0.3) is 0 Å². The predicted molar refractivity (Wildman–Crippen MR) is 59.4 cm³/mol. The van der Waals surface area contributed by atoms with Gasteiger partial charge in [0.05, 0.1) is 0 Å². The molecule has 1 atom stereocenters. The fraction of sp³-hybridized carbons (Fsp3) is 0.444. The molecule has 15 heavy (non-hydrogen) atoms. The van der Waals surface area contributed by atoms with E-state index in [1.54, 1.807) is 6.07 Å². The third-order valence-electron chi connectivity index (χ3n) is 1.95. The molecule has 0 radical (unpaired) electrons. The largest absolute Gasteiger partial charge is 0.263 e. The molecular weight excluding hydrogens is 236 g/mol. The monoisotopic (exact) mass is 248 g/mol. The van der Waals surface area contributed by atoms with Crippen molar-refractivity contribution in [1.82, 2.24) is 9.71 Å². The minimum Gasteiger partial charge on any atom is -0.263 e. The van der Waals surface area contributed by atoms with Crippen LogP contribution in [0.1, 0.15) is 13.3 Å². The highest BCUT2D eigenvalue weighted by atomic mass is 35.5. The molecule has 0 saturated carbocycles. The summed E-state index contributed by atoms with van der Waals surface area (Å²) in [5.41, 5.74) is 0. The van der Waals surface area contributed by atoms with E-state index in [1.165, 1.54) is 18.5 Å². The molecule has 0 aliphatic rings. The molecule has 1 unspecified atom stereocenters. The predicted octanol–water partition coefficient (Wildman–Crippen LogP) is 1.38. The van der Waals surface area contributed by atoms with E-state index >= 15 is 0 Å². The minimum atomic E-state index is -3.48. The molecule has 0 saturated heterocycles. The highest BCUT2D eigenvalue weighted by Gasteiger charge is 2.17. The maximum atomic E-state index is 11.8. The van der Waals surface area contributed by atoms with E-state index in [-0.39, 0.29) is 16.8 Å². The van der Waals surface area contributed by atoms with Crippen molar-refractivity contribution < 1.29 is 8.42 Å². The second-order valence-electron chi connectivity index (χ2n) is 3.07. The van der Waals surface area contributed by atoms with Crippen molar-refractivity contribution in [2.75, 3.05) is 5.88 Å². The average Bonchev–Trinajstić information content (AvgIpc) is 2.27. The summed E-state index contributed by atoms with van der Waals surface area (Å²) in [7, 11) is -3.48. The van der Waals surface area contributed by atoms with Crippen LogP contribution < -0.4 is 4.72 Å². The van der Waals surface area contributed by atoms with Crippen molar-refractivity contribution in [3.05, 3.63) is 24.5 Å². The van der Waals surface area contributed by atoms with Gasteiger partial charge in [-0.25, -0.2) is 13.1 Å². The van der Waals surface area contributed by atoms with Crippen LogP contribution in [-0.4, -0.2) is 25.3 Å². The van der Waals surface area contributed by atoms with Crippen LogP contribution in [0.15, 0.2) is 29.4 Å². The van der Waals surface area contributed by atoms with Gasteiger partial charge in [-0.1, -0.05) is 6.92 Å². The zero-order valence-electron chi connectivity index (χ0n) is 8.35. The number of aromatic nitrogens is 1. The van der Waals surface area contributed by atoms with Crippen LogP contribution in [0.5, 0.6) is 0 Å². The van der Waals surface area contributed by atoms with Gasteiger partial charge in [0, 0.05) is 24.3 Å². The number of nitrogens with one attached hydrogen (secondary N) is 1. The lowest BCUT2D eigenvalue weighted by atomic mass is 10.3. The van der Waals surface area contributed by atoms with E-state index in [1.807, 2.05) is 6.92 Å². The number of hydrogen-bond acceptors (Lipinski definition) is 3. The Morgan fingerprint density at radius 3 is 2.80 bits per heavy atom. The van der Waals surface area contributed by atoms with Gasteiger partial charge >= 0.3 is 0 Å². The number of nitrogens with zero attached hydrogens (tertiary/aromatic N) is 1. The zero-order valence-corrected chi connectivity index (χ0v) is 9.92. The highest BCUT2D eigenvalue weighted by molar-refractivity contribution is 7.89. The molecule has 4 nitrogen and oxygen atoms in total. The smallest absolute Gasteiger partial charge is 0.242 e. The quantitative estimate of drug-likeness (QED) is 0.801. The van der Waals surface area contributed by atoms with Gasteiger partial charge in [0.15, 0.2) is 0 Å². The number of sulfonamides is 1. The Bertz CT molecular complexity index is 390. The summed E-state index contributed by atoms with van der Waals surface area (Å²) >= 11 is 5.62. The van der Waals surface area contributed by atoms with E-state index in [9.17, 15) is 8.42 Å². The second-order valence-corrected chi connectivity index (χ2v) is 5.09. The van der Waals surface area contributed by atoms with Crippen LogP contribution in [0.3, 0.4) is 0 Å². The van der Waals surface area contributed by atoms with Crippen molar-refractivity contribution in [2.45, 2.75) is 24.3 Å². The Balaban J connectivity index is 2.85. The third-order valence-corrected chi connectivity index (χ3v) is 3.82. The number of rotatable bonds is 5. The van der Waals surface area contributed by atoms with Crippen LogP contribution in [-0.2, 0) is 10.0 Å². The van der Waals surface area contributed by atoms with Crippen LogP contribution in [0.4, 0.5) is 0 Å². The Kier molecular flexibility index (Phi) is 4.50. The van der Waals surface area contributed by atoms with Crippen LogP contribution in [0, 0.1) is 0 Å². The molecule has 0 spiro atoms. The van der Waals surface area contributed by atoms with Gasteiger partial charge < -0.3 is 0 Å². The molecule has 0 amide bonds. The van der Waals surface area contributed by atoms with Crippen molar-refractivity contribution in [2.24, 2.45) is 0 Å². The van der Waals surface area contributed by atoms with Gasteiger partial charge in [-0.15, -0.1) is 11.6 Å². The number of pyridine rings is 1. The highest BCUT2D eigenvalue weighted by Crippen LogP contribution is 2.07. The molecule has 1 aromatic rings.